The second-order valence-corrected chi connectivity index (χ2v) is 14.4. The van der Waals surface area contributed by atoms with E-state index in [9.17, 15) is 9.35 Å². The predicted molar refractivity (Wildman–Crippen MR) is 145 cm³/mol. The Morgan fingerprint density at radius 2 is 2.06 bits per heavy atom. The monoisotopic (exact) mass is 589 g/mol. The van der Waals surface area contributed by atoms with Crippen LogP contribution in [-0.4, -0.2) is 32.2 Å². The minimum atomic E-state index is -1.40. The first-order valence-corrected chi connectivity index (χ1v) is 14.0. The quantitative estimate of drug-likeness (QED) is 0.174. The lowest BCUT2D eigenvalue weighted by Crippen LogP contribution is -2.36. The zero-order valence-electron chi connectivity index (χ0n) is 19.1. The van der Waals surface area contributed by atoms with Gasteiger partial charge in [0.2, 0.25) is 0 Å². The number of carbonyl (C=O) groups is 1. The summed E-state index contributed by atoms with van der Waals surface area (Å²) in [5.74, 6) is 0. The number of rotatable bonds is 5. The maximum Gasteiger partial charge on any atom is 0.415 e. The topological polar surface area (TPSA) is 77.8 Å². The van der Waals surface area contributed by atoms with Crippen molar-refractivity contribution in [1.29, 1.82) is 0 Å². The highest BCUT2D eigenvalue weighted by Crippen LogP contribution is 2.41. The molecule has 6 nitrogen and oxygen atoms in total. The van der Waals surface area contributed by atoms with Gasteiger partial charge in [-0.3, -0.25) is 4.90 Å². The maximum atomic E-state index is 13.2. The third-order valence-corrected chi connectivity index (χ3v) is 8.75. The predicted octanol–water partition coefficient (Wildman–Crippen LogP) is 7.60. The van der Waals surface area contributed by atoms with E-state index >= 15 is 0 Å². The Kier molecular flexibility index (Phi) is 8.18. The van der Waals surface area contributed by atoms with Crippen molar-refractivity contribution in [3.63, 3.8) is 0 Å². The Labute approximate surface area is 218 Å². The molecule has 0 aromatic carbocycles. The molecule has 0 spiro atoms. The van der Waals surface area contributed by atoms with Gasteiger partial charge in [-0.25, -0.2) is 9.78 Å². The van der Waals surface area contributed by atoms with E-state index in [1.807, 2.05) is 59.1 Å². The van der Waals surface area contributed by atoms with Crippen LogP contribution in [0.2, 0.25) is 5.15 Å². The van der Waals surface area contributed by atoms with E-state index in [1.165, 1.54) is 11.3 Å². The summed E-state index contributed by atoms with van der Waals surface area (Å²) in [6.07, 6.45) is 1.10. The summed E-state index contributed by atoms with van der Waals surface area (Å²) in [7, 11) is 0. The fourth-order valence-corrected chi connectivity index (χ4v) is 5.93. The van der Waals surface area contributed by atoms with Crippen LogP contribution in [0.25, 0.3) is 10.2 Å². The first kappa shape index (κ1) is 26.4. The van der Waals surface area contributed by atoms with Crippen LogP contribution in [0, 0.1) is 0 Å². The van der Waals surface area contributed by atoms with Crippen LogP contribution < -0.4 is 4.90 Å². The molecule has 0 radical (unpaired) electrons. The molecule has 3 rings (SSSR count). The molecule has 33 heavy (non-hydrogen) atoms. The SMILES string of the molecule is CC(C)(C)OC(=O)N(Cc1cccs1)c1cc(Cl)nc2c(Br)c(C=N[S+]([O-])C(C)(C)C)sc12. The largest absolute Gasteiger partial charge is 0.591 e. The van der Waals surface area contributed by atoms with Gasteiger partial charge in [0, 0.05) is 10.9 Å². The molecular weight excluding hydrogens is 566 g/mol. The van der Waals surface area contributed by atoms with Gasteiger partial charge in [0.15, 0.2) is 0 Å². The first-order chi connectivity index (χ1) is 15.3. The molecule has 3 heterocycles. The molecule has 0 N–H and O–H groups in total. The summed E-state index contributed by atoms with van der Waals surface area (Å²) < 4.78 is 23.3. The van der Waals surface area contributed by atoms with Crippen LogP contribution in [0.1, 0.15) is 51.3 Å². The molecule has 0 bridgehead atoms. The summed E-state index contributed by atoms with van der Waals surface area (Å²) >= 11 is 11.5. The highest BCUT2D eigenvalue weighted by atomic mass is 79.9. The van der Waals surface area contributed by atoms with E-state index in [0.29, 0.717) is 22.2 Å². The summed E-state index contributed by atoms with van der Waals surface area (Å²) in [6, 6.07) is 5.57. The van der Waals surface area contributed by atoms with Gasteiger partial charge in [0.25, 0.3) is 0 Å². The molecule has 3 aromatic rings. The molecule has 1 unspecified atom stereocenters. The lowest BCUT2D eigenvalue weighted by molar-refractivity contribution is 0.0578. The van der Waals surface area contributed by atoms with Gasteiger partial charge in [-0.05, 0) is 68.9 Å². The molecular formula is C22H25BrClN3O3S3. The van der Waals surface area contributed by atoms with E-state index in [2.05, 4.69) is 25.3 Å². The number of halogens is 2. The first-order valence-electron chi connectivity index (χ1n) is 10.0. The van der Waals surface area contributed by atoms with Crippen molar-refractivity contribution in [1.82, 2.24) is 4.98 Å². The Morgan fingerprint density at radius 3 is 2.64 bits per heavy atom. The normalized spacial score (nSPS) is 13.6. The number of hydrogen-bond acceptors (Lipinski definition) is 7. The molecule has 0 fully saturated rings. The molecule has 0 aliphatic rings. The van der Waals surface area contributed by atoms with Crippen molar-refractivity contribution >= 4 is 89.8 Å². The van der Waals surface area contributed by atoms with Crippen LogP contribution >= 0.6 is 50.2 Å². The molecule has 3 aromatic heterocycles. The number of aromatic nitrogens is 1. The number of pyridine rings is 1. The number of thiophene rings is 2. The van der Waals surface area contributed by atoms with Gasteiger partial charge in [-0.1, -0.05) is 22.1 Å². The standard InChI is InChI=1S/C22H25BrClN3O3S3/c1-21(2,3)30-20(28)27(12-13-8-7-9-31-13)14-10-16(24)26-18-17(23)15(32-19(14)18)11-25-33(29)22(4,5)6/h7-11H,12H2,1-6H3. The van der Waals surface area contributed by atoms with Crippen LogP contribution in [0.4, 0.5) is 10.5 Å². The summed E-state index contributed by atoms with van der Waals surface area (Å²) in [5, 5.41) is 2.21. The molecule has 1 amide bonds. The Bertz CT molecular complexity index is 1170. The van der Waals surface area contributed by atoms with E-state index in [4.69, 9.17) is 16.3 Å². The fourth-order valence-electron chi connectivity index (χ4n) is 2.67. The van der Waals surface area contributed by atoms with Crippen LogP contribution in [0.15, 0.2) is 32.4 Å². The highest BCUT2D eigenvalue weighted by Gasteiger charge is 2.29. The smallest absolute Gasteiger partial charge is 0.415 e. The van der Waals surface area contributed by atoms with Crippen molar-refractivity contribution in [3.8, 4) is 0 Å². The minimum Gasteiger partial charge on any atom is -0.591 e. The summed E-state index contributed by atoms with van der Waals surface area (Å²) in [5.41, 5.74) is 0.533. The van der Waals surface area contributed by atoms with Crippen LogP contribution in [-0.2, 0) is 22.6 Å². The third kappa shape index (κ3) is 6.70. The van der Waals surface area contributed by atoms with Gasteiger partial charge in [0.05, 0.1) is 38.0 Å². The molecule has 11 heteroatoms. The Balaban J connectivity index is 2.11. The van der Waals surface area contributed by atoms with Gasteiger partial charge in [-0.2, -0.15) is 0 Å². The molecule has 0 saturated heterocycles. The van der Waals surface area contributed by atoms with Gasteiger partial charge >= 0.3 is 6.09 Å². The fraction of sp³-hybridized carbons (Fsp3) is 0.409. The number of ether oxygens (including phenoxy) is 1. The molecule has 0 aliphatic heterocycles. The number of anilines is 1. The highest BCUT2D eigenvalue weighted by molar-refractivity contribution is 9.10. The molecule has 1 atom stereocenters. The maximum absolute atomic E-state index is 13.2. The van der Waals surface area contributed by atoms with E-state index < -0.39 is 27.8 Å². The van der Waals surface area contributed by atoms with Crippen molar-refractivity contribution in [2.45, 2.75) is 58.4 Å². The average molecular weight is 591 g/mol. The second-order valence-electron chi connectivity index (χ2n) is 9.16. The number of nitrogens with zero attached hydrogens (tertiary/aromatic N) is 3. The van der Waals surface area contributed by atoms with Gasteiger partial charge < -0.3 is 9.29 Å². The summed E-state index contributed by atoms with van der Waals surface area (Å²) in [4.78, 5) is 21.0. The number of fused-ring (bicyclic) bond motifs is 1. The second kappa shape index (κ2) is 10.2. The van der Waals surface area contributed by atoms with Crippen LogP contribution in [0.3, 0.4) is 0 Å². The van der Waals surface area contributed by atoms with Crippen LogP contribution in [0.5, 0.6) is 0 Å². The number of hydrogen-bond donors (Lipinski definition) is 0. The Morgan fingerprint density at radius 1 is 1.36 bits per heavy atom. The molecule has 178 valence electrons. The lowest BCUT2D eigenvalue weighted by Gasteiger charge is -2.27. The van der Waals surface area contributed by atoms with E-state index in [0.717, 1.165) is 14.5 Å². The lowest BCUT2D eigenvalue weighted by atomic mass is 10.2. The van der Waals surface area contributed by atoms with E-state index in [1.54, 1.807) is 28.5 Å². The molecule has 0 saturated carbocycles. The third-order valence-electron chi connectivity index (χ3n) is 4.15. The van der Waals surface area contributed by atoms with Gasteiger partial charge in [-0.15, -0.1) is 22.7 Å². The van der Waals surface area contributed by atoms with Gasteiger partial charge in [0.1, 0.15) is 26.9 Å². The molecule has 0 aliphatic carbocycles. The number of amides is 1. The minimum absolute atomic E-state index is 0.248. The average Bonchev–Trinajstić information content (AvgIpc) is 3.30. The zero-order chi connectivity index (χ0) is 24.6. The van der Waals surface area contributed by atoms with Crippen molar-refractivity contribution in [2.75, 3.05) is 4.90 Å². The van der Waals surface area contributed by atoms with Crippen molar-refractivity contribution in [2.24, 2.45) is 4.40 Å². The van der Waals surface area contributed by atoms with Crippen molar-refractivity contribution < 1.29 is 14.1 Å². The zero-order valence-corrected chi connectivity index (χ0v) is 23.9. The summed E-state index contributed by atoms with van der Waals surface area (Å²) in [6.45, 7) is 11.4. The Hall–Kier alpha value is -1.17. The number of carbonyl (C=O) groups excluding carboxylic acids is 1. The van der Waals surface area contributed by atoms with E-state index in [-0.39, 0.29) is 5.15 Å². The van der Waals surface area contributed by atoms with Crippen molar-refractivity contribution in [3.05, 3.63) is 43.0 Å².